The Balaban J connectivity index is 2.03. The Labute approximate surface area is 110 Å². The minimum Gasteiger partial charge on any atom is -0.378 e. The predicted octanol–water partition coefficient (Wildman–Crippen LogP) is 2.51. The third kappa shape index (κ3) is 3.33. The minimum atomic E-state index is 0.322. The van der Waals surface area contributed by atoms with E-state index in [0.29, 0.717) is 12.1 Å². The lowest BCUT2D eigenvalue weighted by Crippen LogP contribution is -2.28. The molecule has 0 radical (unpaired) electrons. The van der Waals surface area contributed by atoms with Gasteiger partial charge in [0, 0.05) is 25.5 Å². The smallest absolute Gasteiger partial charge is 0.125 e. The third-order valence-corrected chi connectivity index (χ3v) is 3.56. The van der Waals surface area contributed by atoms with Crippen LogP contribution in [0.1, 0.15) is 51.4 Å². The van der Waals surface area contributed by atoms with E-state index in [1.165, 1.54) is 12.8 Å². The van der Waals surface area contributed by atoms with E-state index in [1.54, 1.807) is 0 Å². The zero-order valence-electron chi connectivity index (χ0n) is 11.6. The van der Waals surface area contributed by atoms with Crippen molar-refractivity contribution in [3.05, 3.63) is 18.2 Å². The van der Waals surface area contributed by atoms with Gasteiger partial charge in [-0.15, -0.1) is 0 Å². The molecule has 102 valence electrons. The Kier molecular flexibility index (Phi) is 5.20. The highest BCUT2D eigenvalue weighted by Gasteiger charge is 2.24. The summed E-state index contributed by atoms with van der Waals surface area (Å²) in [4.78, 5) is 4.53. The largest absolute Gasteiger partial charge is 0.378 e. The lowest BCUT2D eigenvalue weighted by Gasteiger charge is -2.22. The maximum absolute atomic E-state index is 5.76. The number of nitrogens with one attached hydrogen (secondary N) is 1. The van der Waals surface area contributed by atoms with Gasteiger partial charge in [0.1, 0.15) is 5.82 Å². The highest BCUT2D eigenvalue weighted by atomic mass is 16.5. The molecule has 18 heavy (non-hydrogen) atoms. The van der Waals surface area contributed by atoms with Crippen LogP contribution in [0.4, 0.5) is 0 Å². The van der Waals surface area contributed by atoms with Crippen LogP contribution >= 0.6 is 0 Å². The van der Waals surface area contributed by atoms with Crippen molar-refractivity contribution < 1.29 is 4.74 Å². The molecule has 4 nitrogen and oxygen atoms in total. The summed E-state index contributed by atoms with van der Waals surface area (Å²) in [5.74, 6) is 1.15. The van der Waals surface area contributed by atoms with Crippen molar-refractivity contribution in [2.24, 2.45) is 0 Å². The van der Waals surface area contributed by atoms with Crippen LogP contribution < -0.4 is 5.32 Å². The number of imidazole rings is 1. The van der Waals surface area contributed by atoms with Gasteiger partial charge in [0.15, 0.2) is 0 Å². The fourth-order valence-electron chi connectivity index (χ4n) is 2.59. The molecule has 1 aromatic heterocycles. The third-order valence-electron chi connectivity index (χ3n) is 3.56. The molecule has 0 spiro atoms. The molecule has 0 amide bonds. The van der Waals surface area contributed by atoms with Crippen LogP contribution in [-0.2, 0) is 11.3 Å². The Bertz CT molecular complexity index is 345. The van der Waals surface area contributed by atoms with E-state index < -0.39 is 0 Å². The van der Waals surface area contributed by atoms with Crippen molar-refractivity contribution in [1.29, 1.82) is 0 Å². The van der Waals surface area contributed by atoms with Crippen LogP contribution in [0.2, 0.25) is 0 Å². The fourth-order valence-corrected chi connectivity index (χ4v) is 2.59. The topological polar surface area (TPSA) is 39.1 Å². The number of rotatable bonds is 7. The molecule has 1 aliphatic rings. The van der Waals surface area contributed by atoms with Crippen LogP contribution in [0.5, 0.6) is 0 Å². The van der Waals surface area contributed by atoms with Crippen molar-refractivity contribution in [2.45, 2.75) is 58.2 Å². The van der Waals surface area contributed by atoms with E-state index in [1.807, 2.05) is 6.20 Å². The first-order chi connectivity index (χ1) is 8.85. The predicted molar refractivity (Wildman–Crippen MR) is 72.5 cm³/mol. The van der Waals surface area contributed by atoms with Crippen molar-refractivity contribution in [3.8, 4) is 0 Å². The van der Waals surface area contributed by atoms with E-state index >= 15 is 0 Å². The van der Waals surface area contributed by atoms with Gasteiger partial charge in [-0.05, 0) is 39.2 Å². The number of aryl methyl sites for hydroxylation is 1. The van der Waals surface area contributed by atoms with E-state index in [9.17, 15) is 0 Å². The average Bonchev–Trinajstić information content (AvgIpc) is 3.04. The van der Waals surface area contributed by atoms with Crippen LogP contribution in [0.15, 0.2) is 12.4 Å². The van der Waals surface area contributed by atoms with Gasteiger partial charge < -0.3 is 14.6 Å². The highest BCUT2D eigenvalue weighted by molar-refractivity contribution is 5.00. The van der Waals surface area contributed by atoms with Gasteiger partial charge in [0.2, 0.25) is 0 Å². The molecule has 0 bridgehead atoms. The average molecular weight is 251 g/mol. The molecule has 1 N–H and O–H groups in total. The van der Waals surface area contributed by atoms with Gasteiger partial charge in [0.25, 0.3) is 0 Å². The first-order valence-corrected chi connectivity index (χ1v) is 7.21. The lowest BCUT2D eigenvalue weighted by molar-refractivity contribution is 0.0932. The van der Waals surface area contributed by atoms with Gasteiger partial charge in [0.05, 0.1) is 12.1 Å². The van der Waals surface area contributed by atoms with Crippen molar-refractivity contribution in [3.63, 3.8) is 0 Å². The number of ether oxygens (including phenoxy) is 1. The maximum atomic E-state index is 5.76. The Hall–Kier alpha value is -0.870. The summed E-state index contributed by atoms with van der Waals surface area (Å²) in [7, 11) is 0. The second-order valence-corrected chi connectivity index (χ2v) is 4.95. The molecule has 1 aliphatic heterocycles. The summed E-state index contributed by atoms with van der Waals surface area (Å²) in [6.07, 6.45) is 8.94. The number of nitrogens with zero attached hydrogens (tertiary/aromatic N) is 2. The summed E-state index contributed by atoms with van der Waals surface area (Å²) >= 11 is 0. The highest BCUT2D eigenvalue weighted by Crippen LogP contribution is 2.24. The quantitative estimate of drug-likeness (QED) is 0.809. The van der Waals surface area contributed by atoms with Crippen LogP contribution in [0, 0.1) is 0 Å². The molecule has 1 fully saturated rings. The normalized spacial score (nSPS) is 21.3. The van der Waals surface area contributed by atoms with Crippen LogP contribution in [-0.4, -0.2) is 28.8 Å². The summed E-state index contributed by atoms with van der Waals surface area (Å²) < 4.78 is 7.98. The van der Waals surface area contributed by atoms with E-state index in [2.05, 4.69) is 34.9 Å². The molecule has 0 saturated carbocycles. The molecule has 1 saturated heterocycles. The molecular weight excluding hydrogens is 226 g/mol. The molecule has 0 aromatic carbocycles. The van der Waals surface area contributed by atoms with Gasteiger partial charge in [-0.25, -0.2) is 4.98 Å². The molecule has 4 heteroatoms. The summed E-state index contributed by atoms with van der Waals surface area (Å²) in [6.45, 7) is 7.29. The second-order valence-electron chi connectivity index (χ2n) is 4.95. The van der Waals surface area contributed by atoms with Crippen molar-refractivity contribution >= 4 is 0 Å². The Morgan fingerprint density at radius 2 is 2.44 bits per heavy atom. The number of hydrogen-bond donors (Lipinski definition) is 1. The Morgan fingerprint density at radius 3 is 3.11 bits per heavy atom. The first kappa shape index (κ1) is 13.6. The van der Waals surface area contributed by atoms with E-state index in [4.69, 9.17) is 4.74 Å². The number of aromatic nitrogens is 2. The fraction of sp³-hybridized carbons (Fsp3) is 0.786. The van der Waals surface area contributed by atoms with E-state index in [-0.39, 0.29) is 0 Å². The van der Waals surface area contributed by atoms with Gasteiger partial charge in [-0.1, -0.05) is 6.92 Å². The molecule has 2 unspecified atom stereocenters. The van der Waals surface area contributed by atoms with Gasteiger partial charge in [-0.3, -0.25) is 0 Å². The number of hydrogen-bond acceptors (Lipinski definition) is 3. The molecule has 2 heterocycles. The molecule has 2 atom stereocenters. The van der Waals surface area contributed by atoms with Crippen LogP contribution in [0.25, 0.3) is 0 Å². The van der Waals surface area contributed by atoms with Gasteiger partial charge >= 0.3 is 0 Å². The zero-order chi connectivity index (χ0) is 12.8. The summed E-state index contributed by atoms with van der Waals surface area (Å²) in [6, 6.07) is 0.322. The minimum absolute atomic E-state index is 0.322. The summed E-state index contributed by atoms with van der Waals surface area (Å²) in [5, 5.41) is 3.61. The lowest BCUT2D eigenvalue weighted by atomic mass is 10.1. The maximum Gasteiger partial charge on any atom is 0.125 e. The second kappa shape index (κ2) is 6.90. The summed E-state index contributed by atoms with van der Waals surface area (Å²) in [5.41, 5.74) is 0. The molecule has 0 aliphatic carbocycles. The SMILES string of the molecule is CCCNC(CC1CCCO1)c1nccn1CC. The van der Waals surface area contributed by atoms with Crippen molar-refractivity contribution in [1.82, 2.24) is 14.9 Å². The Morgan fingerprint density at radius 1 is 1.56 bits per heavy atom. The van der Waals surface area contributed by atoms with Crippen molar-refractivity contribution in [2.75, 3.05) is 13.2 Å². The zero-order valence-corrected chi connectivity index (χ0v) is 11.6. The first-order valence-electron chi connectivity index (χ1n) is 7.21. The van der Waals surface area contributed by atoms with Crippen LogP contribution in [0.3, 0.4) is 0 Å². The monoisotopic (exact) mass is 251 g/mol. The van der Waals surface area contributed by atoms with Gasteiger partial charge in [-0.2, -0.15) is 0 Å². The molecule has 1 aromatic rings. The standard InChI is InChI=1S/C14H25N3O/c1-3-7-15-13(11-12-6-5-10-18-12)14-16-8-9-17(14)4-2/h8-9,12-13,15H,3-7,10-11H2,1-2H3. The molecule has 2 rings (SSSR count). The molecular formula is C14H25N3O. The van der Waals surface area contributed by atoms with E-state index in [0.717, 1.165) is 38.4 Å².